The van der Waals surface area contributed by atoms with Crippen molar-refractivity contribution in [1.29, 1.82) is 0 Å². The molecular formula is C14H20N4. The number of H-pyrrole nitrogens is 1. The van der Waals surface area contributed by atoms with E-state index < -0.39 is 0 Å². The van der Waals surface area contributed by atoms with Crippen LogP contribution in [0.15, 0.2) is 23.0 Å². The Balaban J connectivity index is 1.98. The minimum atomic E-state index is 0.653. The highest BCUT2D eigenvalue weighted by atomic mass is 15.1. The monoisotopic (exact) mass is 244 g/mol. The summed E-state index contributed by atoms with van der Waals surface area (Å²) in [4.78, 5) is 7.48. The Morgan fingerprint density at radius 1 is 1.33 bits per heavy atom. The number of fused-ring (bicyclic) bond motifs is 1. The first-order chi connectivity index (χ1) is 8.90. The van der Waals surface area contributed by atoms with Gasteiger partial charge in [-0.05, 0) is 18.9 Å². The highest BCUT2D eigenvalue weighted by molar-refractivity contribution is 5.87. The highest BCUT2D eigenvalue weighted by Gasteiger charge is 2.23. The summed E-state index contributed by atoms with van der Waals surface area (Å²) in [7, 11) is 2.02. The van der Waals surface area contributed by atoms with Crippen molar-refractivity contribution >= 4 is 17.9 Å². The molecule has 0 amide bonds. The van der Waals surface area contributed by atoms with Crippen LogP contribution in [0.5, 0.6) is 0 Å². The normalized spacial score (nSPS) is 22.3. The predicted molar refractivity (Wildman–Crippen MR) is 74.6 cm³/mol. The maximum atomic E-state index is 4.31. The molecule has 0 radical (unpaired) electrons. The van der Waals surface area contributed by atoms with Gasteiger partial charge in [0.15, 0.2) is 0 Å². The number of aromatic nitrogens is 1. The average Bonchev–Trinajstić information content (AvgIpc) is 2.90. The molecule has 0 spiro atoms. The van der Waals surface area contributed by atoms with Crippen LogP contribution in [-0.2, 0) is 0 Å². The second kappa shape index (κ2) is 4.88. The van der Waals surface area contributed by atoms with Crippen molar-refractivity contribution in [2.24, 2.45) is 10.9 Å². The molecule has 4 nitrogen and oxygen atoms in total. The second-order valence-electron chi connectivity index (χ2n) is 5.02. The minimum absolute atomic E-state index is 0.653. The van der Waals surface area contributed by atoms with E-state index in [1.54, 1.807) is 6.34 Å². The molecule has 1 aromatic heterocycles. The molecule has 1 fully saturated rings. The molecule has 1 aliphatic carbocycles. The fraction of sp³-hybridized carbons (Fsp3) is 0.500. The Morgan fingerprint density at radius 2 is 2.17 bits per heavy atom. The van der Waals surface area contributed by atoms with Gasteiger partial charge in [0.05, 0.1) is 12.0 Å². The van der Waals surface area contributed by atoms with Crippen molar-refractivity contribution in [1.82, 2.24) is 15.6 Å². The number of nitrogens with zero attached hydrogens (tertiary/aromatic N) is 1. The lowest BCUT2D eigenvalue weighted by Gasteiger charge is -2.27. The number of aromatic amines is 1. The summed E-state index contributed by atoms with van der Waals surface area (Å²) in [5.41, 5.74) is 3.70. The van der Waals surface area contributed by atoms with Gasteiger partial charge in [0, 0.05) is 30.4 Å². The number of aliphatic imine (C=N–C) groups is 1. The zero-order valence-corrected chi connectivity index (χ0v) is 10.8. The van der Waals surface area contributed by atoms with Crippen molar-refractivity contribution in [3.63, 3.8) is 0 Å². The SMILES string of the molecule is CN/C(=C1\NC=Nc2[nH]ccc21)C1CCCCC1. The zero-order valence-electron chi connectivity index (χ0n) is 10.8. The lowest BCUT2D eigenvalue weighted by molar-refractivity contribution is 0.391. The van der Waals surface area contributed by atoms with E-state index in [2.05, 4.69) is 26.7 Å². The van der Waals surface area contributed by atoms with Gasteiger partial charge in [-0.3, -0.25) is 0 Å². The minimum Gasteiger partial charge on any atom is -0.390 e. The van der Waals surface area contributed by atoms with E-state index >= 15 is 0 Å². The first kappa shape index (κ1) is 11.4. The Kier molecular flexibility index (Phi) is 3.09. The molecule has 0 aromatic carbocycles. The summed E-state index contributed by atoms with van der Waals surface area (Å²) in [6.45, 7) is 0. The summed E-state index contributed by atoms with van der Waals surface area (Å²) >= 11 is 0. The van der Waals surface area contributed by atoms with Crippen LogP contribution in [0.4, 0.5) is 5.82 Å². The first-order valence-corrected chi connectivity index (χ1v) is 6.79. The molecule has 0 bridgehead atoms. The third-order valence-corrected chi connectivity index (χ3v) is 3.95. The number of hydrogen-bond acceptors (Lipinski definition) is 3. The second-order valence-corrected chi connectivity index (χ2v) is 5.02. The molecule has 0 atom stereocenters. The van der Waals surface area contributed by atoms with Crippen LogP contribution in [0, 0.1) is 5.92 Å². The van der Waals surface area contributed by atoms with Gasteiger partial charge in [-0.2, -0.15) is 0 Å². The third-order valence-electron chi connectivity index (χ3n) is 3.95. The molecule has 2 heterocycles. The topological polar surface area (TPSA) is 52.2 Å². The lowest BCUT2D eigenvalue weighted by atomic mass is 9.85. The summed E-state index contributed by atoms with van der Waals surface area (Å²) in [5, 5.41) is 6.73. The number of nitrogens with one attached hydrogen (secondary N) is 3. The highest BCUT2D eigenvalue weighted by Crippen LogP contribution is 2.34. The van der Waals surface area contributed by atoms with Crippen LogP contribution in [0.25, 0.3) is 5.70 Å². The fourth-order valence-electron chi connectivity index (χ4n) is 3.06. The van der Waals surface area contributed by atoms with Gasteiger partial charge in [-0.1, -0.05) is 19.3 Å². The van der Waals surface area contributed by atoms with Gasteiger partial charge in [0.1, 0.15) is 5.82 Å². The van der Waals surface area contributed by atoms with Gasteiger partial charge < -0.3 is 15.6 Å². The van der Waals surface area contributed by atoms with Gasteiger partial charge in [-0.15, -0.1) is 0 Å². The summed E-state index contributed by atoms with van der Waals surface area (Å²) in [5.74, 6) is 1.60. The Bertz CT molecular complexity index is 478. The maximum absolute atomic E-state index is 4.31. The summed E-state index contributed by atoms with van der Waals surface area (Å²) in [6.07, 6.45) is 10.4. The van der Waals surface area contributed by atoms with E-state index in [0.29, 0.717) is 5.92 Å². The quantitative estimate of drug-likeness (QED) is 0.749. The van der Waals surface area contributed by atoms with E-state index in [9.17, 15) is 0 Å². The summed E-state index contributed by atoms with van der Waals surface area (Å²) in [6, 6.07) is 2.09. The van der Waals surface area contributed by atoms with Crippen molar-refractivity contribution in [2.45, 2.75) is 32.1 Å². The van der Waals surface area contributed by atoms with Gasteiger partial charge in [0.2, 0.25) is 0 Å². The van der Waals surface area contributed by atoms with Gasteiger partial charge in [0.25, 0.3) is 0 Å². The molecular weight excluding hydrogens is 224 g/mol. The number of allylic oxidation sites excluding steroid dienone is 1. The fourth-order valence-corrected chi connectivity index (χ4v) is 3.06. The molecule has 4 heteroatoms. The van der Waals surface area contributed by atoms with Crippen molar-refractivity contribution < 1.29 is 0 Å². The van der Waals surface area contributed by atoms with E-state index in [1.165, 1.54) is 49.1 Å². The van der Waals surface area contributed by atoms with Crippen molar-refractivity contribution in [2.75, 3.05) is 7.05 Å². The number of hydrogen-bond donors (Lipinski definition) is 3. The van der Waals surface area contributed by atoms with E-state index in [1.807, 2.05) is 13.2 Å². The van der Waals surface area contributed by atoms with E-state index in [0.717, 1.165) is 5.82 Å². The number of rotatable bonds is 2. The molecule has 96 valence electrons. The molecule has 1 aromatic rings. The zero-order chi connectivity index (χ0) is 12.4. The Morgan fingerprint density at radius 3 is 2.94 bits per heavy atom. The van der Waals surface area contributed by atoms with Crippen LogP contribution in [0.3, 0.4) is 0 Å². The van der Waals surface area contributed by atoms with Crippen LogP contribution in [-0.4, -0.2) is 18.4 Å². The molecule has 0 unspecified atom stereocenters. The van der Waals surface area contributed by atoms with Crippen LogP contribution in [0.2, 0.25) is 0 Å². The predicted octanol–water partition coefficient (Wildman–Crippen LogP) is 2.75. The molecule has 3 N–H and O–H groups in total. The smallest absolute Gasteiger partial charge is 0.141 e. The van der Waals surface area contributed by atoms with Gasteiger partial charge in [-0.25, -0.2) is 4.99 Å². The lowest BCUT2D eigenvalue weighted by Crippen LogP contribution is -2.26. The van der Waals surface area contributed by atoms with E-state index in [4.69, 9.17) is 0 Å². The van der Waals surface area contributed by atoms with Crippen LogP contribution >= 0.6 is 0 Å². The third kappa shape index (κ3) is 1.92. The molecule has 3 rings (SSSR count). The van der Waals surface area contributed by atoms with Crippen molar-refractivity contribution in [3.8, 4) is 0 Å². The standard InChI is InChI=1S/C14H20N4/c1-15-12(10-5-3-2-4-6-10)13-11-7-8-16-14(11)18-9-17-13/h7-10,15-16H,2-6H2,1H3,(H,17,18)/b13-12-. The van der Waals surface area contributed by atoms with Crippen LogP contribution in [0.1, 0.15) is 37.7 Å². The molecule has 0 saturated heterocycles. The molecule has 1 aliphatic heterocycles. The first-order valence-electron chi connectivity index (χ1n) is 6.79. The molecule has 1 saturated carbocycles. The van der Waals surface area contributed by atoms with Gasteiger partial charge >= 0.3 is 0 Å². The Hall–Kier alpha value is -1.71. The van der Waals surface area contributed by atoms with Crippen molar-refractivity contribution in [3.05, 3.63) is 23.5 Å². The summed E-state index contributed by atoms with van der Waals surface area (Å²) < 4.78 is 0. The van der Waals surface area contributed by atoms with Crippen LogP contribution < -0.4 is 10.6 Å². The Labute approximate surface area is 108 Å². The largest absolute Gasteiger partial charge is 0.390 e. The molecule has 18 heavy (non-hydrogen) atoms. The molecule has 2 aliphatic rings. The van der Waals surface area contributed by atoms with E-state index in [-0.39, 0.29) is 0 Å². The average molecular weight is 244 g/mol. The maximum Gasteiger partial charge on any atom is 0.141 e.